The van der Waals surface area contributed by atoms with Gasteiger partial charge in [-0.3, -0.25) is 9.59 Å². The lowest BCUT2D eigenvalue weighted by molar-refractivity contribution is -0.121. The number of hydrogen-bond donors (Lipinski definition) is 2. The Labute approximate surface area is 159 Å². The molecule has 0 fully saturated rings. The van der Waals surface area contributed by atoms with Crippen LogP contribution in [0.4, 0.5) is 0 Å². The zero-order valence-electron chi connectivity index (χ0n) is 15.0. The molecule has 0 saturated heterocycles. The fourth-order valence-electron chi connectivity index (χ4n) is 3.04. The smallest absolute Gasteiger partial charge is 0.248 e. The van der Waals surface area contributed by atoms with E-state index in [9.17, 15) is 9.59 Å². The number of primary amides is 1. The number of nitrogens with two attached hydrogens (primary N) is 1. The third-order valence-electron chi connectivity index (χ3n) is 4.52. The van der Waals surface area contributed by atoms with Crippen LogP contribution in [-0.4, -0.2) is 11.8 Å². The maximum atomic E-state index is 12.6. The predicted molar refractivity (Wildman–Crippen MR) is 106 cm³/mol. The number of hydrogen-bond acceptors (Lipinski definition) is 2. The third-order valence-corrected chi connectivity index (χ3v) is 4.52. The normalized spacial score (nSPS) is 10.6. The summed E-state index contributed by atoms with van der Waals surface area (Å²) >= 11 is 0. The highest BCUT2D eigenvalue weighted by Gasteiger charge is 2.17. The minimum Gasteiger partial charge on any atom is -0.366 e. The van der Waals surface area contributed by atoms with Crippen molar-refractivity contribution >= 4 is 11.8 Å². The standard InChI is InChI=1S/C23H22N2O2/c24-23(27)20-13-11-17(12-14-20)16-25-22(26)15-21(18-7-3-1-4-8-18)19-9-5-2-6-10-19/h1-14,21H,15-16H2,(H2,24,27)(H,25,26). The van der Waals surface area contributed by atoms with Crippen molar-refractivity contribution < 1.29 is 9.59 Å². The van der Waals surface area contributed by atoms with Gasteiger partial charge in [0.05, 0.1) is 0 Å². The number of carbonyl (C=O) groups excluding carboxylic acids is 2. The van der Waals surface area contributed by atoms with Crippen LogP contribution in [0.5, 0.6) is 0 Å². The zero-order valence-corrected chi connectivity index (χ0v) is 15.0. The first-order valence-electron chi connectivity index (χ1n) is 8.89. The van der Waals surface area contributed by atoms with E-state index in [-0.39, 0.29) is 11.8 Å². The average Bonchev–Trinajstić information content (AvgIpc) is 2.72. The van der Waals surface area contributed by atoms with Gasteiger partial charge in [0, 0.05) is 24.4 Å². The van der Waals surface area contributed by atoms with Crippen LogP contribution >= 0.6 is 0 Å². The van der Waals surface area contributed by atoms with E-state index in [4.69, 9.17) is 5.73 Å². The Bertz CT molecular complexity index is 851. The molecular weight excluding hydrogens is 336 g/mol. The highest BCUT2D eigenvalue weighted by Crippen LogP contribution is 2.27. The minimum atomic E-state index is -0.459. The number of nitrogens with one attached hydrogen (secondary N) is 1. The Hall–Kier alpha value is -3.40. The van der Waals surface area contributed by atoms with Crippen LogP contribution in [-0.2, 0) is 11.3 Å². The molecular formula is C23H22N2O2. The maximum absolute atomic E-state index is 12.6. The first-order chi connectivity index (χ1) is 13.1. The lowest BCUT2D eigenvalue weighted by atomic mass is 9.88. The van der Waals surface area contributed by atoms with E-state index in [1.807, 2.05) is 60.7 Å². The van der Waals surface area contributed by atoms with Crippen LogP contribution in [0, 0.1) is 0 Å². The minimum absolute atomic E-state index is 0.00429. The molecule has 0 aromatic heterocycles. The van der Waals surface area contributed by atoms with Crippen LogP contribution in [0.3, 0.4) is 0 Å². The van der Waals surface area contributed by atoms with Gasteiger partial charge in [0.15, 0.2) is 0 Å². The number of benzene rings is 3. The van der Waals surface area contributed by atoms with Crippen molar-refractivity contribution in [3.63, 3.8) is 0 Å². The van der Waals surface area contributed by atoms with Gasteiger partial charge in [0.25, 0.3) is 0 Å². The molecule has 0 atom stereocenters. The molecule has 0 saturated carbocycles. The molecule has 0 radical (unpaired) electrons. The molecule has 0 heterocycles. The second-order valence-corrected chi connectivity index (χ2v) is 6.42. The fraction of sp³-hybridized carbons (Fsp3) is 0.130. The molecule has 4 nitrogen and oxygen atoms in total. The summed E-state index contributed by atoms with van der Waals surface area (Å²) in [6.07, 6.45) is 0.368. The van der Waals surface area contributed by atoms with Crippen molar-refractivity contribution in [1.82, 2.24) is 5.32 Å². The Balaban J connectivity index is 1.67. The fourth-order valence-corrected chi connectivity index (χ4v) is 3.04. The monoisotopic (exact) mass is 358 g/mol. The SMILES string of the molecule is NC(=O)c1ccc(CNC(=O)CC(c2ccccc2)c2ccccc2)cc1. The number of rotatable bonds is 7. The Morgan fingerprint density at radius 1 is 0.778 bits per heavy atom. The largest absolute Gasteiger partial charge is 0.366 e. The second kappa shape index (κ2) is 8.81. The quantitative estimate of drug-likeness (QED) is 0.677. The molecule has 3 aromatic rings. The number of amides is 2. The first-order valence-corrected chi connectivity index (χ1v) is 8.89. The molecule has 27 heavy (non-hydrogen) atoms. The second-order valence-electron chi connectivity index (χ2n) is 6.42. The van der Waals surface area contributed by atoms with Gasteiger partial charge < -0.3 is 11.1 Å². The molecule has 2 amide bonds. The molecule has 3 N–H and O–H groups in total. The van der Waals surface area contributed by atoms with Gasteiger partial charge in [-0.05, 0) is 28.8 Å². The van der Waals surface area contributed by atoms with Gasteiger partial charge in [0.1, 0.15) is 0 Å². The summed E-state index contributed by atoms with van der Waals surface area (Å²) in [4.78, 5) is 23.7. The summed E-state index contributed by atoms with van der Waals surface area (Å²) in [7, 11) is 0. The van der Waals surface area contributed by atoms with E-state index in [2.05, 4.69) is 5.32 Å². The summed E-state index contributed by atoms with van der Waals surface area (Å²) < 4.78 is 0. The summed E-state index contributed by atoms with van der Waals surface area (Å²) in [5.41, 5.74) is 8.85. The van der Waals surface area contributed by atoms with Crippen LogP contribution < -0.4 is 11.1 Å². The van der Waals surface area contributed by atoms with Crippen molar-refractivity contribution in [2.24, 2.45) is 5.73 Å². The van der Waals surface area contributed by atoms with Gasteiger partial charge in [0.2, 0.25) is 11.8 Å². The molecule has 4 heteroatoms. The van der Waals surface area contributed by atoms with Crippen LogP contribution in [0.2, 0.25) is 0 Å². The van der Waals surface area contributed by atoms with Crippen molar-refractivity contribution in [2.45, 2.75) is 18.9 Å². The van der Waals surface area contributed by atoms with E-state index in [1.165, 1.54) is 0 Å². The van der Waals surface area contributed by atoms with Gasteiger partial charge in [-0.15, -0.1) is 0 Å². The molecule has 3 rings (SSSR count). The van der Waals surface area contributed by atoms with E-state index in [1.54, 1.807) is 24.3 Å². The van der Waals surface area contributed by atoms with Crippen molar-refractivity contribution in [2.75, 3.05) is 0 Å². The molecule has 0 aliphatic heterocycles. The lowest BCUT2D eigenvalue weighted by Gasteiger charge is -2.18. The molecule has 0 unspecified atom stereocenters. The highest BCUT2D eigenvalue weighted by molar-refractivity contribution is 5.92. The first kappa shape index (κ1) is 18.4. The van der Waals surface area contributed by atoms with E-state index in [0.29, 0.717) is 18.5 Å². The van der Waals surface area contributed by atoms with Gasteiger partial charge >= 0.3 is 0 Å². The maximum Gasteiger partial charge on any atom is 0.248 e. The average molecular weight is 358 g/mol. The van der Waals surface area contributed by atoms with Crippen molar-refractivity contribution in [3.8, 4) is 0 Å². The summed E-state index contributed by atoms with van der Waals surface area (Å²) in [6, 6.07) is 27.0. The van der Waals surface area contributed by atoms with Gasteiger partial charge in [-0.25, -0.2) is 0 Å². The molecule has 136 valence electrons. The summed E-state index contributed by atoms with van der Waals surface area (Å²) in [5, 5.41) is 2.96. The third kappa shape index (κ3) is 5.05. The molecule has 0 aliphatic rings. The number of carbonyl (C=O) groups is 2. The topological polar surface area (TPSA) is 72.2 Å². The van der Waals surface area contributed by atoms with E-state index >= 15 is 0 Å². The molecule has 0 aliphatic carbocycles. The highest BCUT2D eigenvalue weighted by atomic mass is 16.1. The lowest BCUT2D eigenvalue weighted by Crippen LogP contribution is -2.25. The molecule has 0 spiro atoms. The van der Waals surface area contributed by atoms with Crippen molar-refractivity contribution in [3.05, 3.63) is 107 Å². The van der Waals surface area contributed by atoms with Crippen molar-refractivity contribution in [1.29, 1.82) is 0 Å². The van der Waals surface area contributed by atoms with Gasteiger partial charge in [-0.2, -0.15) is 0 Å². The van der Waals surface area contributed by atoms with E-state index < -0.39 is 5.91 Å². The summed E-state index contributed by atoms with van der Waals surface area (Å²) in [5.74, 6) is -0.476. The van der Waals surface area contributed by atoms with E-state index in [0.717, 1.165) is 16.7 Å². The Morgan fingerprint density at radius 3 is 1.78 bits per heavy atom. The van der Waals surface area contributed by atoms with Crippen LogP contribution in [0.1, 0.15) is 39.4 Å². The zero-order chi connectivity index (χ0) is 19.1. The predicted octanol–water partition coefficient (Wildman–Crippen LogP) is 3.62. The Morgan fingerprint density at radius 2 is 1.30 bits per heavy atom. The molecule has 3 aromatic carbocycles. The van der Waals surface area contributed by atoms with Gasteiger partial charge in [-0.1, -0.05) is 72.8 Å². The Kier molecular flexibility index (Phi) is 6.00. The van der Waals surface area contributed by atoms with Crippen LogP contribution in [0.15, 0.2) is 84.9 Å². The molecule has 0 bridgehead atoms. The summed E-state index contributed by atoms with van der Waals surface area (Å²) in [6.45, 7) is 0.411. The van der Waals surface area contributed by atoms with Crippen LogP contribution in [0.25, 0.3) is 0 Å².